The summed E-state index contributed by atoms with van der Waals surface area (Å²) in [6.45, 7) is 0.491. The van der Waals surface area contributed by atoms with E-state index < -0.39 is 0 Å². The highest BCUT2D eigenvalue weighted by atomic mass is 16.5. The van der Waals surface area contributed by atoms with Gasteiger partial charge in [-0.15, -0.1) is 0 Å². The maximum atomic E-state index is 9.43. The summed E-state index contributed by atoms with van der Waals surface area (Å²) in [4.78, 5) is 0. The van der Waals surface area contributed by atoms with E-state index in [4.69, 9.17) is 10.5 Å². The lowest BCUT2D eigenvalue weighted by Crippen LogP contribution is -2.51. The van der Waals surface area contributed by atoms with Crippen LogP contribution in [0.4, 0.5) is 0 Å². The molecule has 0 spiro atoms. The molecular formula is C11H15NO2. The van der Waals surface area contributed by atoms with Gasteiger partial charge in [0.2, 0.25) is 0 Å². The summed E-state index contributed by atoms with van der Waals surface area (Å²) in [5.41, 5.74) is 5.83. The maximum absolute atomic E-state index is 9.43. The second-order valence-corrected chi connectivity index (χ2v) is 3.97. The first kappa shape index (κ1) is 9.34. The van der Waals surface area contributed by atoms with Crippen molar-refractivity contribution in [2.24, 2.45) is 5.73 Å². The highest BCUT2D eigenvalue weighted by Crippen LogP contribution is 2.31. The van der Waals surface area contributed by atoms with Crippen LogP contribution in [-0.2, 0) is 0 Å². The fourth-order valence-corrected chi connectivity index (χ4v) is 1.58. The fraction of sp³-hybridized carbons (Fsp3) is 0.455. The van der Waals surface area contributed by atoms with Gasteiger partial charge in [0, 0.05) is 0 Å². The van der Waals surface area contributed by atoms with E-state index in [1.807, 2.05) is 6.07 Å². The van der Waals surface area contributed by atoms with Crippen molar-refractivity contribution in [2.45, 2.75) is 24.8 Å². The standard InChI is InChI=1S/C11H15NO2/c12-11(6-3-7-11)8-14-10-5-2-1-4-9(10)13/h1-2,4-5,13H,3,6-8,12H2. The summed E-state index contributed by atoms with van der Waals surface area (Å²) in [7, 11) is 0. The molecule has 0 bridgehead atoms. The van der Waals surface area contributed by atoms with Gasteiger partial charge in [-0.2, -0.15) is 0 Å². The molecule has 3 nitrogen and oxygen atoms in total. The van der Waals surface area contributed by atoms with Gasteiger partial charge in [0.1, 0.15) is 6.61 Å². The highest BCUT2D eigenvalue weighted by molar-refractivity contribution is 5.38. The molecule has 0 amide bonds. The van der Waals surface area contributed by atoms with Crippen LogP contribution in [0.3, 0.4) is 0 Å². The van der Waals surface area contributed by atoms with E-state index in [9.17, 15) is 5.11 Å². The smallest absolute Gasteiger partial charge is 0.161 e. The second kappa shape index (κ2) is 3.50. The minimum absolute atomic E-state index is 0.164. The molecule has 0 aliphatic heterocycles. The van der Waals surface area contributed by atoms with Crippen molar-refractivity contribution < 1.29 is 9.84 Å². The van der Waals surface area contributed by atoms with Gasteiger partial charge in [0.05, 0.1) is 5.54 Å². The maximum Gasteiger partial charge on any atom is 0.161 e. The number of phenols is 1. The number of rotatable bonds is 3. The van der Waals surface area contributed by atoms with Crippen LogP contribution in [0.15, 0.2) is 24.3 Å². The van der Waals surface area contributed by atoms with Crippen molar-refractivity contribution in [1.82, 2.24) is 0 Å². The number of ether oxygens (including phenoxy) is 1. The summed E-state index contributed by atoms with van der Waals surface area (Å²) in [6, 6.07) is 6.96. The molecule has 1 saturated carbocycles. The van der Waals surface area contributed by atoms with Gasteiger partial charge in [-0.1, -0.05) is 12.1 Å². The third kappa shape index (κ3) is 1.82. The van der Waals surface area contributed by atoms with Gasteiger partial charge in [-0.05, 0) is 31.4 Å². The van der Waals surface area contributed by atoms with Gasteiger partial charge >= 0.3 is 0 Å². The molecule has 76 valence electrons. The molecule has 0 aromatic heterocycles. The van der Waals surface area contributed by atoms with E-state index >= 15 is 0 Å². The van der Waals surface area contributed by atoms with Gasteiger partial charge < -0.3 is 15.6 Å². The molecule has 1 aromatic rings. The second-order valence-electron chi connectivity index (χ2n) is 3.97. The third-order valence-electron chi connectivity index (χ3n) is 2.73. The minimum atomic E-state index is -0.164. The van der Waals surface area contributed by atoms with Crippen LogP contribution in [0.5, 0.6) is 11.5 Å². The highest BCUT2D eigenvalue weighted by Gasteiger charge is 2.33. The van der Waals surface area contributed by atoms with Crippen LogP contribution >= 0.6 is 0 Å². The molecule has 3 heteroatoms. The fourth-order valence-electron chi connectivity index (χ4n) is 1.58. The molecular weight excluding hydrogens is 178 g/mol. The zero-order chi connectivity index (χ0) is 10.0. The molecule has 14 heavy (non-hydrogen) atoms. The minimum Gasteiger partial charge on any atom is -0.504 e. The van der Waals surface area contributed by atoms with Gasteiger partial charge in [-0.3, -0.25) is 0 Å². The zero-order valence-electron chi connectivity index (χ0n) is 8.07. The Bertz CT molecular complexity index is 321. The summed E-state index contributed by atoms with van der Waals surface area (Å²) in [5, 5.41) is 9.43. The number of aromatic hydroxyl groups is 1. The van der Waals surface area contributed by atoms with Gasteiger partial charge in [0.25, 0.3) is 0 Å². The Labute approximate surface area is 83.5 Å². The van der Waals surface area contributed by atoms with Crippen molar-refractivity contribution in [3.05, 3.63) is 24.3 Å². The number of para-hydroxylation sites is 2. The predicted octanol–water partition coefficient (Wildman–Crippen LogP) is 1.65. The summed E-state index contributed by atoms with van der Waals surface area (Å²) < 4.78 is 5.47. The Morgan fingerprint density at radius 3 is 2.64 bits per heavy atom. The zero-order valence-corrected chi connectivity index (χ0v) is 8.07. The van der Waals surface area contributed by atoms with Crippen molar-refractivity contribution in [3.8, 4) is 11.5 Å². The van der Waals surface area contributed by atoms with Gasteiger partial charge in [-0.25, -0.2) is 0 Å². The lowest BCUT2D eigenvalue weighted by molar-refractivity contribution is 0.139. The molecule has 0 unspecified atom stereocenters. The van der Waals surface area contributed by atoms with Crippen LogP contribution in [-0.4, -0.2) is 17.3 Å². The number of nitrogens with two attached hydrogens (primary N) is 1. The third-order valence-corrected chi connectivity index (χ3v) is 2.73. The van der Waals surface area contributed by atoms with Crippen molar-refractivity contribution >= 4 is 0 Å². The molecule has 0 saturated heterocycles. The van der Waals surface area contributed by atoms with Gasteiger partial charge in [0.15, 0.2) is 11.5 Å². The number of hydrogen-bond donors (Lipinski definition) is 2. The molecule has 1 aliphatic carbocycles. The molecule has 0 heterocycles. The Hall–Kier alpha value is -1.22. The summed E-state index contributed by atoms with van der Waals surface area (Å²) in [5.74, 6) is 0.694. The van der Waals surface area contributed by atoms with E-state index in [-0.39, 0.29) is 11.3 Å². The Morgan fingerprint density at radius 2 is 2.07 bits per heavy atom. The summed E-state index contributed by atoms with van der Waals surface area (Å²) in [6.07, 6.45) is 3.21. The Kier molecular flexibility index (Phi) is 2.33. The lowest BCUT2D eigenvalue weighted by Gasteiger charge is -2.37. The Morgan fingerprint density at radius 1 is 1.36 bits per heavy atom. The SMILES string of the molecule is NC1(COc2ccccc2O)CCC1. The van der Waals surface area contributed by atoms with Crippen LogP contribution in [0.25, 0.3) is 0 Å². The van der Waals surface area contributed by atoms with Crippen LogP contribution in [0, 0.1) is 0 Å². The number of hydrogen-bond acceptors (Lipinski definition) is 3. The Balaban J connectivity index is 1.95. The molecule has 0 radical (unpaired) electrons. The number of benzene rings is 1. The van der Waals surface area contributed by atoms with Crippen molar-refractivity contribution in [3.63, 3.8) is 0 Å². The average Bonchev–Trinajstić information content (AvgIpc) is 2.14. The molecule has 1 aromatic carbocycles. The van der Waals surface area contributed by atoms with E-state index in [2.05, 4.69) is 0 Å². The first-order chi connectivity index (χ1) is 6.70. The van der Waals surface area contributed by atoms with Crippen molar-refractivity contribution in [2.75, 3.05) is 6.61 Å². The molecule has 1 aliphatic rings. The quantitative estimate of drug-likeness (QED) is 0.767. The normalized spacial score (nSPS) is 18.6. The first-order valence-corrected chi connectivity index (χ1v) is 4.89. The van der Waals surface area contributed by atoms with E-state index in [0.29, 0.717) is 12.4 Å². The summed E-state index contributed by atoms with van der Waals surface area (Å²) >= 11 is 0. The molecule has 1 fully saturated rings. The molecule has 3 N–H and O–H groups in total. The predicted molar refractivity (Wildman–Crippen MR) is 54.4 cm³/mol. The average molecular weight is 193 g/mol. The van der Waals surface area contributed by atoms with E-state index in [1.165, 1.54) is 6.42 Å². The van der Waals surface area contributed by atoms with Crippen LogP contribution < -0.4 is 10.5 Å². The largest absolute Gasteiger partial charge is 0.504 e. The van der Waals surface area contributed by atoms with E-state index in [1.54, 1.807) is 18.2 Å². The van der Waals surface area contributed by atoms with Crippen LogP contribution in [0.1, 0.15) is 19.3 Å². The van der Waals surface area contributed by atoms with Crippen molar-refractivity contribution in [1.29, 1.82) is 0 Å². The monoisotopic (exact) mass is 193 g/mol. The van der Waals surface area contributed by atoms with E-state index in [0.717, 1.165) is 12.8 Å². The van der Waals surface area contributed by atoms with Crippen LogP contribution in [0.2, 0.25) is 0 Å². The topological polar surface area (TPSA) is 55.5 Å². The lowest BCUT2D eigenvalue weighted by atomic mass is 9.78. The number of phenolic OH excluding ortho intramolecular Hbond substituents is 1. The molecule has 0 atom stereocenters. The first-order valence-electron chi connectivity index (χ1n) is 4.89. The molecule has 2 rings (SSSR count).